The number of hydrogen-bond donors (Lipinski definition) is 0. The summed E-state index contributed by atoms with van der Waals surface area (Å²) in [6.07, 6.45) is 1.50. The normalized spacial score (nSPS) is 10.2. The summed E-state index contributed by atoms with van der Waals surface area (Å²) >= 11 is 5.94. The Hall–Kier alpha value is -1.87. The standard InChI is InChI=1S/C13H10ClNO2/c1-2-7-17-13(16)10-8-9-5-3-4-6-11(9)15-12(10)14/h2-6,8H,1,7H2. The third-order valence-corrected chi connectivity index (χ3v) is 2.52. The zero-order chi connectivity index (χ0) is 12.3. The van der Waals surface area contributed by atoms with Crippen molar-refractivity contribution in [3.63, 3.8) is 0 Å². The third-order valence-electron chi connectivity index (χ3n) is 2.23. The highest BCUT2D eigenvalue weighted by molar-refractivity contribution is 6.32. The van der Waals surface area contributed by atoms with Gasteiger partial charge in [-0.05, 0) is 12.1 Å². The second-order valence-corrected chi connectivity index (χ2v) is 3.76. The average molecular weight is 248 g/mol. The van der Waals surface area contributed by atoms with E-state index in [4.69, 9.17) is 16.3 Å². The van der Waals surface area contributed by atoms with Gasteiger partial charge in [-0.25, -0.2) is 9.78 Å². The molecule has 0 unspecified atom stereocenters. The maximum Gasteiger partial charge on any atom is 0.341 e. The van der Waals surface area contributed by atoms with E-state index in [1.165, 1.54) is 6.08 Å². The molecule has 0 saturated carbocycles. The van der Waals surface area contributed by atoms with Crippen molar-refractivity contribution >= 4 is 28.5 Å². The molecule has 0 N–H and O–H groups in total. The Bertz CT molecular complexity index is 581. The molecule has 0 aliphatic carbocycles. The fourth-order valence-corrected chi connectivity index (χ4v) is 1.67. The second kappa shape index (κ2) is 4.97. The van der Waals surface area contributed by atoms with E-state index >= 15 is 0 Å². The van der Waals surface area contributed by atoms with Gasteiger partial charge in [0.05, 0.1) is 11.1 Å². The Labute approximate surface area is 104 Å². The summed E-state index contributed by atoms with van der Waals surface area (Å²) in [5.74, 6) is -0.492. The maximum absolute atomic E-state index is 11.7. The van der Waals surface area contributed by atoms with E-state index in [1.807, 2.05) is 24.3 Å². The Morgan fingerprint density at radius 1 is 1.47 bits per heavy atom. The molecular formula is C13H10ClNO2. The number of hydrogen-bond acceptors (Lipinski definition) is 3. The number of carbonyl (C=O) groups is 1. The van der Waals surface area contributed by atoms with Crippen LogP contribution in [0.25, 0.3) is 10.9 Å². The number of esters is 1. The van der Waals surface area contributed by atoms with Gasteiger partial charge in [-0.1, -0.05) is 42.5 Å². The van der Waals surface area contributed by atoms with Gasteiger partial charge in [0.15, 0.2) is 0 Å². The quantitative estimate of drug-likeness (QED) is 0.475. The smallest absolute Gasteiger partial charge is 0.341 e. The molecule has 0 aliphatic rings. The van der Waals surface area contributed by atoms with Crippen molar-refractivity contribution in [2.45, 2.75) is 0 Å². The lowest BCUT2D eigenvalue weighted by atomic mass is 10.1. The highest BCUT2D eigenvalue weighted by Gasteiger charge is 2.13. The van der Waals surface area contributed by atoms with E-state index in [-0.39, 0.29) is 17.3 Å². The van der Waals surface area contributed by atoms with Crippen LogP contribution in [0.3, 0.4) is 0 Å². The molecule has 1 aromatic heterocycles. The minimum Gasteiger partial charge on any atom is -0.458 e. The number of fused-ring (bicyclic) bond motifs is 1. The molecule has 2 aromatic rings. The number of aromatic nitrogens is 1. The van der Waals surface area contributed by atoms with Crippen molar-refractivity contribution in [1.82, 2.24) is 4.98 Å². The lowest BCUT2D eigenvalue weighted by Crippen LogP contribution is -2.06. The van der Waals surface area contributed by atoms with Gasteiger partial charge in [-0.15, -0.1) is 0 Å². The number of carbonyl (C=O) groups excluding carboxylic acids is 1. The summed E-state index contributed by atoms with van der Waals surface area (Å²) in [5, 5.41) is 1.00. The van der Waals surface area contributed by atoms with Crippen molar-refractivity contribution in [2.75, 3.05) is 6.61 Å². The second-order valence-electron chi connectivity index (χ2n) is 3.41. The minimum absolute atomic E-state index is 0.151. The van der Waals surface area contributed by atoms with E-state index in [1.54, 1.807) is 6.07 Å². The molecule has 2 rings (SSSR count). The maximum atomic E-state index is 11.7. The summed E-state index contributed by atoms with van der Waals surface area (Å²) in [6.45, 7) is 3.63. The van der Waals surface area contributed by atoms with Crippen molar-refractivity contribution in [3.05, 3.63) is 53.7 Å². The largest absolute Gasteiger partial charge is 0.458 e. The molecule has 17 heavy (non-hydrogen) atoms. The lowest BCUT2D eigenvalue weighted by Gasteiger charge is -2.05. The molecule has 4 heteroatoms. The first-order valence-electron chi connectivity index (χ1n) is 5.05. The van der Waals surface area contributed by atoms with Crippen LogP contribution in [-0.4, -0.2) is 17.6 Å². The molecule has 1 heterocycles. The van der Waals surface area contributed by atoms with Gasteiger partial charge in [-0.3, -0.25) is 0 Å². The van der Waals surface area contributed by atoms with Crippen LogP contribution >= 0.6 is 11.6 Å². The van der Waals surface area contributed by atoms with E-state index < -0.39 is 5.97 Å². The van der Waals surface area contributed by atoms with Gasteiger partial charge >= 0.3 is 5.97 Å². The Kier molecular flexibility index (Phi) is 3.40. The number of para-hydroxylation sites is 1. The van der Waals surface area contributed by atoms with Crippen LogP contribution in [0, 0.1) is 0 Å². The van der Waals surface area contributed by atoms with Crippen LogP contribution in [0.5, 0.6) is 0 Å². The Balaban J connectivity index is 2.43. The highest BCUT2D eigenvalue weighted by Crippen LogP contribution is 2.21. The Morgan fingerprint density at radius 2 is 2.24 bits per heavy atom. The SMILES string of the molecule is C=CCOC(=O)c1cc2ccccc2nc1Cl. The van der Waals surface area contributed by atoms with Gasteiger partial charge < -0.3 is 4.74 Å². The fourth-order valence-electron chi connectivity index (χ4n) is 1.45. The number of ether oxygens (including phenoxy) is 1. The van der Waals surface area contributed by atoms with Crippen LogP contribution < -0.4 is 0 Å². The molecule has 3 nitrogen and oxygen atoms in total. The fraction of sp³-hybridized carbons (Fsp3) is 0.0769. The highest BCUT2D eigenvalue weighted by atomic mass is 35.5. The molecule has 0 atom stereocenters. The van der Waals surface area contributed by atoms with E-state index in [9.17, 15) is 4.79 Å². The summed E-state index contributed by atoms with van der Waals surface area (Å²) in [6, 6.07) is 9.11. The minimum atomic E-state index is -0.492. The van der Waals surface area contributed by atoms with Gasteiger partial charge in [-0.2, -0.15) is 0 Å². The van der Waals surface area contributed by atoms with Gasteiger partial charge in [0.1, 0.15) is 11.8 Å². The molecule has 0 saturated heterocycles. The molecule has 0 radical (unpaired) electrons. The first-order chi connectivity index (χ1) is 8.22. The van der Waals surface area contributed by atoms with Crippen LogP contribution in [0.2, 0.25) is 5.15 Å². The van der Waals surface area contributed by atoms with E-state index in [2.05, 4.69) is 11.6 Å². The van der Waals surface area contributed by atoms with Crippen LogP contribution in [0.4, 0.5) is 0 Å². The number of nitrogens with zero attached hydrogens (tertiary/aromatic N) is 1. The van der Waals surface area contributed by atoms with E-state index in [0.717, 1.165) is 10.9 Å². The first-order valence-corrected chi connectivity index (χ1v) is 5.43. The summed E-state index contributed by atoms with van der Waals surface area (Å²) in [4.78, 5) is 15.8. The molecule has 86 valence electrons. The predicted molar refractivity (Wildman–Crippen MR) is 67.2 cm³/mol. The van der Waals surface area contributed by atoms with Crippen LogP contribution in [0.1, 0.15) is 10.4 Å². The number of rotatable bonds is 3. The topological polar surface area (TPSA) is 39.2 Å². The molecule has 0 fully saturated rings. The summed E-state index contributed by atoms with van der Waals surface area (Å²) in [7, 11) is 0. The van der Waals surface area contributed by atoms with Gasteiger partial charge in [0.2, 0.25) is 0 Å². The van der Waals surface area contributed by atoms with Crippen molar-refractivity contribution in [1.29, 1.82) is 0 Å². The molecule has 0 aliphatic heterocycles. The zero-order valence-corrected chi connectivity index (χ0v) is 9.78. The summed E-state index contributed by atoms with van der Waals surface area (Å²) in [5.41, 5.74) is 1.02. The number of pyridine rings is 1. The summed E-state index contributed by atoms with van der Waals surface area (Å²) < 4.78 is 4.93. The molecule has 0 spiro atoms. The van der Waals surface area contributed by atoms with Crippen molar-refractivity contribution < 1.29 is 9.53 Å². The van der Waals surface area contributed by atoms with Crippen LogP contribution in [0.15, 0.2) is 43.0 Å². The molecule has 1 aromatic carbocycles. The molecule has 0 bridgehead atoms. The Morgan fingerprint density at radius 3 is 3.00 bits per heavy atom. The van der Waals surface area contributed by atoms with Crippen molar-refractivity contribution in [3.8, 4) is 0 Å². The number of halogens is 1. The predicted octanol–water partition coefficient (Wildman–Crippen LogP) is 3.23. The third kappa shape index (κ3) is 2.45. The number of benzene rings is 1. The van der Waals surface area contributed by atoms with E-state index in [0.29, 0.717) is 0 Å². The van der Waals surface area contributed by atoms with Gasteiger partial charge in [0.25, 0.3) is 0 Å². The van der Waals surface area contributed by atoms with Crippen LogP contribution in [-0.2, 0) is 4.74 Å². The lowest BCUT2D eigenvalue weighted by molar-refractivity contribution is 0.0549. The monoisotopic (exact) mass is 247 g/mol. The first kappa shape index (κ1) is 11.6. The average Bonchev–Trinajstić information content (AvgIpc) is 2.35. The molecule has 0 amide bonds. The van der Waals surface area contributed by atoms with Crippen molar-refractivity contribution in [2.24, 2.45) is 0 Å². The molecular weight excluding hydrogens is 238 g/mol. The van der Waals surface area contributed by atoms with Gasteiger partial charge in [0, 0.05) is 5.39 Å². The zero-order valence-electron chi connectivity index (χ0n) is 9.02.